The van der Waals surface area contributed by atoms with E-state index in [1.54, 1.807) is 0 Å². The molecule has 6 nitrogen and oxygen atoms in total. The van der Waals surface area contributed by atoms with Crippen LogP contribution < -0.4 is 20.1 Å². The lowest BCUT2D eigenvalue weighted by atomic mass is 10.0. The highest BCUT2D eigenvalue weighted by Crippen LogP contribution is 2.55. The summed E-state index contributed by atoms with van der Waals surface area (Å²) in [5.74, 6) is -4.00. The minimum atomic E-state index is -1.12. The molecule has 2 aromatic carbocycles. The van der Waals surface area contributed by atoms with Crippen LogP contribution >= 0.6 is 0 Å². The van der Waals surface area contributed by atoms with Gasteiger partial charge in [0.25, 0.3) is 0 Å². The zero-order valence-electron chi connectivity index (χ0n) is 16.2. The number of carbonyl (C=O) groups is 1. The van der Waals surface area contributed by atoms with Crippen LogP contribution in [0, 0.1) is 29.2 Å². The third-order valence-electron chi connectivity index (χ3n) is 5.44. The molecule has 0 spiro atoms. The van der Waals surface area contributed by atoms with Gasteiger partial charge in [-0.05, 0) is 36.4 Å². The van der Waals surface area contributed by atoms with Crippen molar-refractivity contribution in [3.8, 4) is 17.2 Å². The van der Waals surface area contributed by atoms with Crippen LogP contribution in [0.4, 0.5) is 28.2 Å². The number of ether oxygens (including phenoxy) is 2. The number of nitrogens with zero attached hydrogens (tertiary/aromatic N) is 1. The Hall–Kier alpha value is -3.82. The quantitative estimate of drug-likeness (QED) is 0.570. The summed E-state index contributed by atoms with van der Waals surface area (Å²) in [5.41, 5.74) is 0.135. The van der Waals surface area contributed by atoms with Gasteiger partial charge in [-0.25, -0.2) is 22.9 Å². The average Bonchev–Trinajstić information content (AvgIpc) is 3.47. The summed E-state index contributed by atoms with van der Waals surface area (Å²) in [6.45, 7) is 0.171. The normalized spacial score (nSPS) is 20.4. The summed E-state index contributed by atoms with van der Waals surface area (Å²) in [5, 5.41) is 5.24. The highest BCUT2D eigenvalue weighted by atomic mass is 19.2. The van der Waals surface area contributed by atoms with E-state index in [0.717, 1.165) is 18.2 Å². The second-order valence-corrected chi connectivity index (χ2v) is 7.43. The Bertz CT molecular complexity index is 1210. The van der Waals surface area contributed by atoms with Crippen molar-refractivity contribution in [1.29, 1.82) is 0 Å². The molecule has 3 atom stereocenters. The highest BCUT2D eigenvalue weighted by molar-refractivity contribution is 5.89. The molecule has 10 heteroatoms. The summed E-state index contributed by atoms with van der Waals surface area (Å²) in [4.78, 5) is 16.3. The minimum absolute atomic E-state index is 0.108. The Labute approximate surface area is 179 Å². The maximum absolute atomic E-state index is 14.2. The number of nitrogens with one attached hydrogen (secondary N) is 2. The number of hydrogen-bond acceptors (Lipinski definition) is 4. The van der Waals surface area contributed by atoms with Crippen LogP contribution in [0.2, 0.25) is 0 Å². The van der Waals surface area contributed by atoms with E-state index in [9.17, 15) is 22.4 Å². The number of benzene rings is 2. The van der Waals surface area contributed by atoms with Crippen molar-refractivity contribution in [1.82, 2.24) is 10.3 Å². The molecule has 0 saturated heterocycles. The molecule has 1 fully saturated rings. The molecule has 0 bridgehead atoms. The van der Waals surface area contributed by atoms with E-state index in [4.69, 9.17) is 9.47 Å². The predicted octanol–water partition coefficient (Wildman–Crippen LogP) is 4.73. The molecule has 1 aliphatic carbocycles. The average molecular weight is 445 g/mol. The Morgan fingerprint density at radius 3 is 2.62 bits per heavy atom. The molecule has 1 aliphatic heterocycles. The summed E-state index contributed by atoms with van der Waals surface area (Å²) in [7, 11) is 0. The van der Waals surface area contributed by atoms with E-state index >= 15 is 0 Å². The van der Waals surface area contributed by atoms with Gasteiger partial charge in [-0.2, -0.15) is 4.39 Å². The zero-order chi connectivity index (χ0) is 22.4. The Morgan fingerprint density at radius 2 is 1.84 bits per heavy atom. The second kappa shape index (κ2) is 7.70. The monoisotopic (exact) mass is 445 g/mol. The summed E-state index contributed by atoms with van der Waals surface area (Å²) in [6, 6.07) is 7.44. The third kappa shape index (κ3) is 3.57. The number of hydrogen-bond donors (Lipinski definition) is 2. The Balaban J connectivity index is 1.21. The van der Waals surface area contributed by atoms with Crippen LogP contribution in [0.5, 0.6) is 17.2 Å². The van der Waals surface area contributed by atoms with Crippen LogP contribution in [0.1, 0.15) is 11.5 Å². The van der Waals surface area contributed by atoms with Gasteiger partial charge in [0, 0.05) is 23.4 Å². The third-order valence-corrected chi connectivity index (χ3v) is 5.44. The molecule has 1 saturated carbocycles. The van der Waals surface area contributed by atoms with E-state index in [1.165, 1.54) is 30.5 Å². The molecule has 0 radical (unpaired) electrons. The lowest BCUT2D eigenvalue weighted by Crippen LogP contribution is -2.32. The van der Waals surface area contributed by atoms with Gasteiger partial charge in [0.05, 0.1) is 12.8 Å². The van der Waals surface area contributed by atoms with Crippen molar-refractivity contribution >= 4 is 11.8 Å². The first-order valence-corrected chi connectivity index (χ1v) is 9.68. The lowest BCUT2D eigenvalue weighted by molar-refractivity contribution is 0.247. The van der Waals surface area contributed by atoms with Crippen LogP contribution in [0.3, 0.4) is 0 Å². The Kier molecular flexibility index (Phi) is 4.84. The molecule has 5 rings (SSSR count). The molecule has 2 N–H and O–H groups in total. The molecule has 2 aliphatic rings. The Morgan fingerprint density at radius 1 is 1.03 bits per heavy atom. The molecule has 164 valence electrons. The molecule has 2 amide bonds. The lowest BCUT2D eigenvalue weighted by Gasteiger charge is -2.16. The van der Waals surface area contributed by atoms with E-state index in [1.807, 2.05) is 0 Å². The largest absolute Gasteiger partial charge is 0.490 e. The van der Waals surface area contributed by atoms with Crippen LogP contribution in [-0.4, -0.2) is 23.7 Å². The zero-order valence-corrected chi connectivity index (χ0v) is 16.2. The predicted molar refractivity (Wildman–Crippen MR) is 105 cm³/mol. The fourth-order valence-electron chi connectivity index (χ4n) is 3.87. The molecule has 3 aromatic rings. The fourth-order valence-corrected chi connectivity index (χ4v) is 3.87. The van der Waals surface area contributed by atoms with Gasteiger partial charge >= 0.3 is 6.03 Å². The van der Waals surface area contributed by atoms with E-state index in [0.29, 0.717) is 0 Å². The molecule has 2 heterocycles. The number of pyridine rings is 1. The molecule has 1 aromatic heterocycles. The first-order chi connectivity index (χ1) is 15.4. The molecule has 32 heavy (non-hydrogen) atoms. The summed E-state index contributed by atoms with van der Waals surface area (Å²) >= 11 is 0. The van der Waals surface area contributed by atoms with E-state index < -0.39 is 35.3 Å². The van der Waals surface area contributed by atoms with Crippen LogP contribution in [0.25, 0.3) is 0 Å². The van der Waals surface area contributed by atoms with E-state index in [-0.39, 0.29) is 47.1 Å². The second-order valence-electron chi connectivity index (χ2n) is 7.43. The maximum Gasteiger partial charge on any atom is 0.320 e. The van der Waals surface area contributed by atoms with Crippen LogP contribution in [0.15, 0.2) is 48.7 Å². The van der Waals surface area contributed by atoms with Gasteiger partial charge in [-0.15, -0.1) is 0 Å². The maximum atomic E-state index is 14.2. The number of aromatic nitrogens is 1. The van der Waals surface area contributed by atoms with Gasteiger partial charge < -0.3 is 14.8 Å². The van der Waals surface area contributed by atoms with Gasteiger partial charge in [-0.3, -0.25) is 5.32 Å². The van der Waals surface area contributed by atoms with Gasteiger partial charge in [0.1, 0.15) is 17.4 Å². The van der Waals surface area contributed by atoms with Crippen molar-refractivity contribution in [3.05, 3.63) is 77.5 Å². The SMILES string of the molecule is O=C(Nc1ccc(Oc2cccc(F)c2F)cn1)N[C@@H]1[C@@H]2COc3c(F)ccc(F)c3[C@@H]21. The number of anilines is 1. The first-order valence-electron chi connectivity index (χ1n) is 9.68. The smallest absolute Gasteiger partial charge is 0.320 e. The van der Waals surface area contributed by atoms with Crippen molar-refractivity contribution in [2.75, 3.05) is 11.9 Å². The first kappa shape index (κ1) is 20.1. The summed E-state index contributed by atoms with van der Waals surface area (Å²) < 4.78 is 65.6. The van der Waals surface area contributed by atoms with Crippen molar-refractivity contribution in [2.45, 2.75) is 12.0 Å². The molecule has 0 unspecified atom stereocenters. The number of amides is 2. The van der Waals surface area contributed by atoms with Gasteiger partial charge in [0.2, 0.25) is 5.82 Å². The minimum Gasteiger partial charge on any atom is -0.490 e. The topological polar surface area (TPSA) is 72.5 Å². The van der Waals surface area contributed by atoms with E-state index in [2.05, 4.69) is 15.6 Å². The van der Waals surface area contributed by atoms with Crippen LogP contribution in [-0.2, 0) is 0 Å². The van der Waals surface area contributed by atoms with Gasteiger partial charge in [0.15, 0.2) is 23.1 Å². The number of rotatable bonds is 4. The number of halogens is 4. The number of fused-ring (bicyclic) bond motifs is 3. The number of carbonyl (C=O) groups excluding carboxylic acids is 1. The highest BCUT2D eigenvalue weighted by Gasteiger charge is 2.57. The molecular formula is C22H15F4N3O3. The van der Waals surface area contributed by atoms with Gasteiger partial charge in [-0.1, -0.05) is 6.07 Å². The molecular weight excluding hydrogens is 430 g/mol. The fraction of sp³-hybridized carbons (Fsp3) is 0.182. The van der Waals surface area contributed by atoms with Crippen molar-refractivity contribution in [3.63, 3.8) is 0 Å². The van der Waals surface area contributed by atoms with Crippen molar-refractivity contribution < 1.29 is 31.8 Å². The standard InChI is InChI=1S/C22H15F4N3O3/c23-12-5-6-14(25)21-18(12)17-11(9-31-21)20(17)29-22(30)28-16-7-4-10(8-27-16)32-15-3-1-2-13(24)19(15)26/h1-8,11,17,20H,9H2,(H2,27,28,29,30)/t11-,17-,20-/m1/s1. The summed E-state index contributed by atoms with van der Waals surface area (Å²) in [6.07, 6.45) is 1.24. The van der Waals surface area contributed by atoms with Crippen molar-refractivity contribution in [2.24, 2.45) is 5.92 Å². The number of urea groups is 1.